The number of hydrogen-bond donors (Lipinski definition) is 2. The molecule has 1 aliphatic rings. The van der Waals surface area contributed by atoms with Crippen LogP contribution in [0.25, 0.3) is 0 Å². The van der Waals surface area contributed by atoms with Crippen molar-refractivity contribution in [2.24, 2.45) is 5.92 Å². The number of amides is 1. The molecule has 0 spiro atoms. The molecule has 104 valence electrons. The first-order valence-corrected chi connectivity index (χ1v) is 6.88. The second-order valence-corrected chi connectivity index (χ2v) is 4.95. The van der Waals surface area contributed by atoms with Crippen LogP contribution in [0.5, 0.6) is 0 Å². The van der Waals surface area contributed by atoms with Crippen LogP contribution in [0.4, 0.5) is 0 Å². The maximum Gasteiger partial charge on any atom is 0.227 e. The summed E-state index contributed by atoms with van der Waals surface area (Å²) in [6.07, 6.45) is 0. The van der Waals surface area contributed by atoms with Crippen molar-refractivity contribution in [1.82, 2.24) is 10.6 Å². The zero-order chi connectivity index (χ0) is 13.7. The van der Waals surface area contributed by atoms with E-state index < -0.39 is 0 Å². The van der Waals surface area contributed by atoms with Crippen LogP contribution in [-0.4, -0.2) is 31.7 Å². The Morgan fingerprint density at radius 1 is 1.37 bits per heavy atom. The summed E-state index contributed by atoms with van der Waals surface area (Å²) >= 11 is 0. The summed E-state index contributed by atoms with van der Waals surface area (Å²) in [6.45, 7) is 6.02. The zero-order valence-corrected chi connectivity index (χ0v) is 11.6. The Morgan fingerprint density at radius 3 is 2.79 bits per heavy atom. The maximum atomic E-state index is 12.3. The predicted molar refractivity (Wildman–Crippen MR) is 74.8 cm³/mol. The van der Waals surface area contributed by atoms with Crippen LogP contribution in [0.2, 0.25) is 0 Å². The number of rotatable bonds is 5. The van der Waals surface area contributed by atoms with Crippen molar-refractivity contribution in [2.45, 2.75) is 25.9 Å². The molecule has 19 heavy (non-hydrogen) atoms. The number of nitrogens with one attached hydrogen (secondary N) is 2. The molecule has 4 nitrogen and oxygen atoms in total. The normalized spacial score (nSPS) is 24.1. The third-order valence-corrected chi connectivity index (χ3v) is 3.54. The van der Waals surface area contributed by atoms with Crippen LogP contribution >= 0.6 is 0 Å². The Hall–Kier alpha value is -1.39. The highest BCUT2D eigenvalue weighted by molar-refractivity contribution is 5.80. The molecule has 4 heteroatoms. The standard InChI is InChI=1S/C15H22N2O2/c1-3-16-14-10-19-9-13(14)15(18)17-11(2)12-7-5-4-6-8-12/h4-8,11,13-14,16H,3,9-10H2,1-2H3,(H,17,18)/t11-,13?,14?/m1/s1. The Morgan fingerprint density at radius 2 is 2.11 bits per heavy atom. The van der Waals surface area contributed by atoms with E-state index in [4.69, 9.17) is 4.74 Å². The molecular formula is C15H22N2O2. The van der Waals surface area contributed by atoms with E-state index in [-0.39, 0.29) is 23.9 Å². The van der Waals surface area contributed by atoms with Crippen molar-refractivity contribution in [1.29, 1.82) is 0 Å². The Labute approximate surface area is 114 Å². The van der Waals surface area contributed by atoms with Gasteiger partial charge in [0.15, 0.2) is 0 Å². The van der Waals surface area contributed by atoms with Crippen molar-refractivity contribution in [3.8, 4) is 0 Å². The minimum atomic E-state index is -0.0916. The van der Waals surface area contributed by atoms with Crippen molar-refractivity contribution in [2.75, 3.05) is 19.8 Å². The smallest absolute Gasteiger partial charge is 0.227 e. The molecular weight excluding hydrogens is 240 g/mol. The topological polar surface area (TPSA) is 50.4 Å². The Bertz CT molecular complexity index is 408. The number of benzene rings is 1. The van der Waals surface area contributed by atoms with Gasteiger partial charge < -0.3 is 15.4 Å². The fourth-order valence-corrected chi connectivity index (χ4v) is 2.42. The van der Waals surface area contributed by atoms with Gasteiger partial charge in [-0.1, -0.05) is 37.3 Å². The third kappa shape index (κ3) is 3.55. The first-order chi connectivity index (χ1) is 9.22. The molecule has 0 aliphatic carbocycles. The summed E-state index contributed by atoms with van der Waals surface area (Å²) in [5, 5.41) is 6.37. The summed E-state index contributed by atoms with van der Waals surface area (Å²) < 4.78 is 5.41. The molecule has 2 unspecified atom stereocenters. The number of likely N-dealkylation sites (N-methyl/N-ethyl adjacent to an activating group) is 1. The molecule has 1 aliphatic heterocycles. The van der Waals surface area contributed by atoms with Crippen LogP contribution in [0.1, 0.15) is 25.5 Å². The number of hydrogen-bond acceptors (Lipinski definition) is 3. The lowest BCUT2D eigenvalue weighted by atomic mass is 10.0. The molecule has 1 heterocycles. The van der Waals surface area contributed by atoms with Gasteiger partial charge in [0, 0.05) is 6.04 Å². The second-order valence-electron chi connectivity index (χ2n) is 4.95. The Kier molecular flexibility index (Phi) is 4.93. The van der Waals surface area contributed by atoms with Gasteiger partial charge in [-0.05, 0) is 19.0 Å². The largest absolute Gasteiger partial charge is 0.379 e. The van der Waals surface area contributed by atoms with E-state index in [2.05, 4.69) is 10.6 Å². The SMILES string of the molecule is CCNC1COCC1C(=O)N[C@H](C)c1ccccc1. The second kappa shape index (κ2) is 6.68. The fourth-order valence-electron chi connectivity index (χ4n) is 2.42. The lowest BCUT2D eigenvalue weighted by Gasteiger charge is -2.21. The van der Waals surface area contributed by atoms with E-state index in [1.807, 2.05) is 44.2 Å². The molecule has 1 amide bonds. The van der Waals surface area contributed by atoms with Crippen molar-refractivity contribution in [3.63, 3.8) is 0 Å². The number of carbonyl (C=O) groups excluding carboxylic acids is 1. The highest BCUT2D eigenvalue weighted by Gasteiger charge is 2.33. The molecule has 0 saturated carbocycles. The molecule has 1 saturated heterocycles. The van der Waals surface area contributed by atoms with Gasteiger partial charge in [0.2, 0.25) is 5.91 Å². The quantitative estimate of drug-likeness (QED) is 0.845. The monoisotopic (exact) mass is 262 g/mol. The average Bonchev–Trinajstić information content (AvgIpc) is 2.88. The summed E-state index contributed by atoms with van der Waals surface area (Å²) in [4.78, 5) is 12.3. The van der Waals surface area contributed by atoms with Crippen molar-refractivity contribution < 1.29 is 9.53 Å². The lowest BCUT2D eigenvalue weighted by Crippen LogP contribution is -2.44. The predicted octanol–water partition coefficient (Wildman–Crippen LogP) is 1.49. The molecule has 1 aromatic carbocycles. The molecule has 1 fully saturated rings. The number of ether oxygens (including phenoxy) is 1. The Balaban J connectivity index is 1.93. The van der Waals surface area contributed by atoms with Gasteiger partial charge in [-0.2, -0.15) is 0 Å². The van der Waals surface area contributed by atoms with Gasteiger partial charge in [-0.15, -0.1) is 0 Å². The minimum Gasteiger partial charge on any atom is -0.379 e. The lowest BCUT2D eigenvalue weighted by molar-refractivity contribution is -0.126. The fraction of sp³-hybridized carbons (Fsp3) is 0.533. The maximum absolute atomic E-state index is 12.3. The molecule has 0 aromatic heterocycles. The van der Waals surface area contributed by atoms with E-state index in [1.165, 1.54) is 0 Å². The molecule has 2 rings (SSSR count). The first-order valence-electron chi connectivity index (χ1n) is 6.88. The van der Waals surface area contributed by atoms with E-state index in [9.17, 15) is 4.79 Å². The molecule has 0 radical (unpaired) electrons. The van der Waals surface area contributed by atoms with Crippen LogP contribution in [0, 0.1) is 5.92 Å². The summed E-state index contributed by atoms with van der Waals surface area (Å²) in [6, 6.07) is 10.2. The highest BCUT2D eigenvalue weighted by Crippen LogP contribution is 2.17. The summed E-state index contributed by atoms with van der Waals surface area (Å²) in [5.74, 6) is -0.0223. The highest BCUT2D eigenvalue weighted by atomic mass is 16.5. The molecule has 3 atom stereocenters. The molecule has 0 bridgehead atoms. The summed E-state index contributed by atoms with van der Waals surface area (Å²) in [7, 11) is 0. The van der Waals surface area contributed by atoms with E-state index in [0.717, 1.165) is 12.1 Å². The number of carbonyl (C=O) groups is 1. The van der Waals surface area contributed by atoms with Crippen molar-refractivity contribution >= 4 is 5.91 Å². The van der Waals surface area contributed by atoms with Gasteiger partial charge in [0.25, 0.3) is 0 Å². The molecule has 2 N–H and O–H groups in total. The average molecular weight is 262 g/mol. The summed E-state index contributed by atoms with van der Waals surface area (Å²) in [5.41, 5.74) is 1.12. The van der Waals surface area contributed by atoms with Crippen LogP contribution in [0.3, 0.4) is 0 Å². The van der Waals surface area contributed by atoms with Crippen molar-refractivity contribution in [3.05, 3.63) is 35.9 Å². The third-order valence-electron chi connectivity index (χ3n) is 3.54. The van der Waals surface area contributed by atoms with E-state index in [1.54, 1.807) is 0 Å². The van der Waals surface area contributed by atoms with Crippen LogP contribution in [0.15, 0.2) is 30.3 Å². The van der Waals surface area contributed by atoms with Gasteiger partial charge in [-0.3, -0.25) is 4.79 Å². The van der Waals surface area contributed by atoms with Crippen LogP contribution < -0.4 is 10.6 Å². The van der Waals surface area contributed by atoms with E-state index in [0.29, 0.717) is 13.2 Å². The minimum absolute atomic E-state index is 0.0246. The first kappa shape index (κ1) is 14.0. The van der Waals surface area contributed by atoms with Gasteiger partial charge >= 0.3 is 0 Å². The van der Waals surface area contributed by atoms with Gasteiger partial charge in [0.1, 0.15) is 0 Å². The molecule has 1 aromatic rings. The zero-order valence-electron chi connectivity index (χ0n) is 11.6. The van der Waals surface area contributed by atoms with Gasteiger partial charge in [0.05, 0.1) is 25.2 Å². The van der Waals surface area contributed by atoms with E-state index >= 15 is 0 Å². The van der Waals surface area contributed by atoms with Crippen LogP contribution in [-0.2, 0) is 9.53 Å². The van der Waals surface area contributed by atoms with Gasteiger partial charge in [-0.25, -0.2) is 0 Å².